The first-order chi connectivity index (χ1) is 5.61. The average Bonchev–Trinajstić information content (AvgIpc) is 2.04. The van der Waals surface area contributed by atoms with Crippen LogP contribution in [0, 0.1) is 0 Å². The normalized spacial score (nSPS) is 13.8. The molecule has 0 unspecified atom stereocenters. The van der Waals surface area contributed by atoms with Crippen LogP contribution < -0.4 is 10.9 Å². The van der Waals surface area contributed by atoms with E-state index in [1.54, 1.807) is 0 Å². The number of aliphatic carboxylic acids is 2. The van der Waals surface area contributed by atoms with Crippen molar-refractivity contribution in [2.75, 3.05) is 0 Å². The van der Waals surface area contributed by atoms with Gasteiger partial charge in [-0.3, -0.25) is 10.9 Å². The standard InChI is InChI=1S/C5H5N3O4.Na/c9-4(10)2-1-6-3(5(11)12)8-7-2;/h1,7H,(H,6,8)(H,9,10)(H,11,12);. The second-order valence-corrected chi connectivity index (χ2v) is 1.88. The number of nitrogens with one attached hydrogen (secondary N) is 2. The van der Waals surface area contributed by atoms with E-state index < -0.39 is 11.9 Å². The zero-order valence-corrected chi connectivity index (χ0v) is 8.74. The number of carbonyl (C=O) groups is 2. The Morgan fingerprint density at radius 2 is 1.85 bits per heavy atom. The van der Waals surface area contributed by atoms with Crippen LogP contribution >= 0.6 is 0 Å². The molecule has 4 N–H and O–H groups in total. The molecule has 13 heavy (non-hydrogen) atoms. The number of nitrogens with zero attached hydrogens (tertiary/aromatic N) is 1. The second-order valence-electron chi connectivity index (χ2n) is 1.88. The summed E-state index contributed by atoms with van der Waals surface area (Å²) in [5, 5.41) is 16.7. The van der Waals surface area contributed by atoms with Gasteiger partial charge in [0.25, 0.3) is 0 Å². The number of rotatable bonds is 2. The number of amidine groups is 1. The molecule has 1 aliphatic heterocycles. The first-order valence-electron chi connectivity index (χ1n) is 2.88. The third-order valence-corrected chi connectivity index (χ3v) is 1.07. The van der Waals surface area contributed by atoms with Crippen molar-refractivity contribution < 1.29 is 19.8 Å². The van der Waals surface area contributed by atoms with Crippen LogP contribution in [-0.2, 0) is 9.59 Å². The third kappa shape index (κ3) is 3.05. The van der Waals surface area contributed by atoms with Gasteiger partial charge in [-0.25, -0.2) is 14.6 Å². The monoisotopic (exact) mass is 194 g/mol. The van der Waals surface area contributed by atoms with Crippen molar-refractivity contribution in [3.63, 3.8) is 0 Å². The maximum Gasteiger partial charge on any atom is 0.373 e. The van der Waals surface area contributed by atoms with Crippen LogP contribution in [0.1, 0.15) is 0 Å². The SMILES string of the molecule is O=C(O)C1=CN=C(C(=O)O)NN1.[Na]. The fourth-order valence-electron chi connectivity index (χ4n) is 0.538. The number of carboxylic acid groups (broad SMARTS) is 2. The molecule has 0 saturated carbocycles. The maximum atomic E-state index is 10.2. The predicted molar refractivity (Wildman–Crippen MR) is 42.8 cm³/mol. The molecule has 0 aromatic rings. The fraction of sp³-hybridized carbons (Fsp3) is 0. The number of carboxylic acids is 2. The van der Waals surface area contributed by atoms with E-state index in [2.05, 4.69) is 15.8 Å². The Labute approximate surface area is 94.8 Å². The van der Waals surface area contributed by atoms with E-state index in [0.717, 1.165) is 6.20 Å². The van der Waals surface area contributed by atoms with E-state index in [1.165, 1.54) is 0 Å². The van der Waals surface area contributed by atoms with E-state index in [-0.39, 0.29) is 41.1 Å². The van der Waals surface area contributed by atoms with Crippen LogP contribution in [0.5, 0.6) is 0 Å². The molecule has 0 aromatic heterocycles. The van der Waals surface area contributed by atoms with Gasteiger partial charge in [0, 0.05) is 29.6 Å². The topological polar surface area (TPSA) is 111 Å². The zero-order valence-electron chi connectivity index (χ0n) is 6.74. The molecule has 1 aliphatic rings. The summed E-state index contributed by atoms with van der Waals surface area (Å²) in [6.07, 6.45) is 0.919. The summed E-state index contributed by atoms with van der Waals surface area (Å²) in [5.74, 6) is -2.82. The van der Waals surface area contributed by atoms with Gasteiger partial charge in [-0.1, -0.05) is 0 Å². The molecule has 1 radical (unpaired) electrons. The van der Waals surface area contributed by atoms with E-state index in [1.807, 2.05) is 0 Å². The average molecular weight is 194 g/mol. The van der Waals surface area contributed by atoms with E-state index in [4.69, 9.17) is 10.2 Å². The van der Waals surface area contributed by atoms with Gasteiger partial charge in [0.2, 0.25) is 5.84 Å². The molecule has 65 valence electrons. The minimum atomic E-state index is -1.26. The van der Waals surface area contributed by atoms with Crippen molar-refractivity contribution in [3.05, 3.63) is 11.9 Å². The summed E-state index contributed by atoms with van der Waals surface area (Å²) < 4.78 is 0. The smallest absolute Gasteiger partial charge is 0.373 e. The van der Waals surface area contributed by atoms with Gasteiger partial charge in [0.15, 0.2) is 5.70 Å². The van der Waals surface area contributed by atoms with E-state index in [9.17, 15) is 9.59 Å². The summed E-state index contributed by atoms with van der Waals surface area (Å²) in [7, 11) is 0. The van der Waals surface area contributed by atoms with E-state index >= 15 is 0 Å². The minimum Gasteiger partial charge on any atom is -0.476 e. The van der Waals surface area contributed by atoms with Crippen molar-refractivity contribution >= 4 is 47.3 Å². The largest absolute Gasteiger partial charge is 0.476 e. The minimum absolute atomic E-state index is 0. The Morgan fingerprint density at radius 3 is 2.15 bits per heavy atom. The Morgan fingerprint density at radius 1 is 1.23 bits per heavy atom. The van der Waals surface area contributed by atoms with Crippen LogP contribution in [0.4, 0.5) is 0 Å². The molecule has 1 rings (SSSR count). The summed E-state index contributed by atoms with van der Waals surface area (Å²) >= 11 is 0. The molecule has 0 atom stereocenters. The second kappa shape index (κ2) is 4.85. The van der Waals surface area contributed by atoms with Crippen molar-refractivity contribution in [1.29, 1.82) is 0 Å². The molecule has 0 aliphatic carbocycles. The van der Waals surface area contributed by atoms with Crippen molar-refractivity contribution in [1.82, 2.24) is 10.9 Å². The van der Waals surface area contributed by atoms with Crippen LogP contribution in [0.3, 0.4) is 0 Å². The Bertz CT molecular complexity index is 268. The summed E-state index contributed by atoms with van der Waals surface area (Å²) in [5.41, 5.74) is 4.04. The summed E-state index contributed by atoms with van der Waals surface area (Å²) in [6, 6.07) is 0. The quantitative estimate of drug-likeness (QED) is 0.383. The number of hydrogen-bond acceptors (Lipinski definition) is 5. The van der Waals surface area contributed by atoms with Crippen LogP contribution in [-0.4, -0.2) is 57.5 Å². The van der Waals surface area contributed by atoms with Gasteiger partial charge < -0.3 is 10.2 Å². The molecule has 0 fully saturated rings. The Kier molecular flexibility index (Phi) is 4.46. The van der Waals surface area contributed by atoms with Gasteiger partial charge in [0.05, 0.1) is 6.20 Å². The molecule has 8 heteroatoms. The van der Waals surface area contributed by atoms with Crippen molar-refractivity contribution in [2.45, 2.75) is 0 Å². The zero-order chi connectivity index (χ0) is 9.14. The van der Waals surface area contributed by atoms with Gasteiger partial charge >= 0.3 is 11.9 Å². The summed E-state index contributed by atoms with van der Waals surface area (Å²) in [4.78, 5) is 23.8. The molecule has 0 bridgehead atoms. The van der Waals surface area contributed by atoms with E-state index in [0.29, 0.717) is 0 Å². The van der Waals surface area contributed by atoms with Gasteiger partial charge in [-0.15, -0.1) is 0 Å². The third-order valence-electron chi connectivity index (χ3n) is 1.07. The molecule has 0 aromatic carbocycles. The Balaban J connectivity index is 0.00000144. The number of hydrazine groups is 1. The number of hydrogen-bond donors (Lipinski definition) is 4. The molecular formula is C5H5N3NaO4. The first kappa shape index (κ1) is 11.9. The van der Waals surface area contributed by atoms with Gasteiger partial charge in [0.1, 0.15) is 0 Å². The molecular weight excluding hydrogens is 189 g/mol. The molecule has 0 saturated heterocycles. The molecule has 7 nitrogen and oxygen atoms in total. The molecule has 1 heterocycles. The van der Waals surface area contributed by atoms with Gasteiger partial charge in [-0.2, -0.15) is 0 Å². The van der Waals surface area contributed by atoms with Gasteiger partial charge in [-0.05, 0) is 0 Å². The maximum absolute atomic E-state index is 10.2. The van der Waals surface area contributed by atoms with Crippen LogP contribution in [0.2, 0.25) is 0 Å². The Hall–Kier alpha value is -1.05. The van der Waals surface area contributed by atoms with Crippen molar-refractivity contribution in [2.24, 2.45) is 4.99 Å². The van der Waals surface area contributed by atoms with Crippen LogP contribution in [0.25, 0.3) is 0 Å². The molecule has 0 spiro atoms. The van der Waals surface area contributed by atoms with Crippen LogP contribution in [0.15, 0.2) is 16.9 Å². The number of aliphatic imine (C=N–C) groups is 1. The first-order valence-corrected chi connectivity index (χ1v) is 2.88. The van der Waals surface area contributed by atoms with Crippen molar-refractivity contribution in [3.8, 4) is 0 Å². The summed E-state index contributed by atoms with van der Waals surface area (Å²) in [6.45, 7) is 0. The molecule has 0 amide bonds. The predicted octanol–water partition coefficient (Wildman–Crippen LogP) is -1.88. The fourth-order valence-corrected chi connectivity index (χ4v) is 0.538.